The molecule has 0 aliphatic heterocycles. The highest BCUT2D eigenvalue weighted by Crippen LogP contribution is 2.29. The second-order valence-corrected chi connectivity index (χ2v) is 6.54. The van der Waals surface area contributed by atoms with Gasteiger partial charge in [-0.1, -0.05) is 43.1 Å². The van der Waals surface area contributed by atoms with Crippen molar-refractivity contribution in [3.8, 4) is 0 Å². The molecule has 0 aliphatic rings. The second-order valence-electron chi connectivity index (χ2n) is 5.72. The molecule has 0 aromatic heterocycles. The Morgan fingerprint density at radius 1 is 1.26 bits per heavy atom. The highest BCUT2D eigenvalue weighted by molar-refractivity contribution is 6.36. The molecule has 0 saturated heterocycles. The lowest BCUT2D eigenvalue weighted by Crippen LogP contribution is -2.33. The van der Waals surface area contributed by atoms with E-state index in [1.807, 2.05) is 13.0 Å². The maximum atomic E-state index is 10.4. The third-order valence-corrected chi connectivity index (χ3v) is 3.72. The average Bonchev–Trinajstić information content (AvgIpc) is 2.30. The number of hydrogen-bond acceptors (Lipinski definition) is 2. The van der Waals surface area contributed by atoms with Crippen LogP contribution in [0.15, 0.2) is 18.2 Å². The Bertz CT molecular complexity index is 385. The van der Waals surface area contributed by atoms with Crippen LogP contribution in [0.1, 0.15) is 32.8 Å². The van der Waals surface area contributed by atoms with Crippen molar-refractivity contribution in [1.82, 2.24) is 5.32 Å². The molecule has 4 heteroatoms. The first-order valence-corrected chi connectivity index (χ1v) is 7.43. The Morgan fingerprint density at radius 2 is 1.84 bits per heavy atom. The van der Waals surface area contributed by atoms with E-state index < -0.39 is 5.60 Å². The molecule has 0 fully saturated rings. The smallest absolute Gasteiger partial charge is 0.0673 e. The predicted molar refractivity (Wildman–Crippen MR) is 83.1 cm³/mol. The molecule has 0 saturated carbocycles. The molecule has 0 bridgehead atoms. The summed E-state index contributed by atoms with van der Waals surface area (Å²) in [6, 6.07) is 5.42. The van der Waals surface area contributed by atoms with Gasteiger partial charge >= 0.3 is 0 Å². The Morgan fingerprint density at radius 3 is 2.37 bits per heavy atom. The van der Waals surface area contributed by atoms with Crippen LogP contribution in [0.2, 0.25) is 10.0 Å². The van der Waals surface area contributed by atoms with Gasteiger partial charge in [0, 0.05) is 16.5 Å². The Balaban J connectivity index is 2.54. The number of hydrogen-bond donors (Lipinski definition) is 2. The first-order valence-electron chi connectivity index (χ1n) is 6.68. The minimum Gasteiger partial charge on any atom is -0.390 e. The zero-order valence-electron chi connectivity index (χ0n) is 11.8. The van der Waals surface area contributed by atoms with Gasteiger partial charge in [-0.3, -0.25) is 0 Å². The van der Waals surface area contributed by atoms with Crippen molar-refractivity contribution in [2.45, 2.75) is 39.2 Å². The normalized spacial score (nSPS) is 14.7. The van der Waals surface area contributed by atoms with Gasteiger partial charge in [0.05, 0.1) is 5.60 Å². The summed E-state index contributed by atoms with van der Waals surface area (Å²) in [5.41, 5.74) is 0.0122. The van der Waals surface area contributed by atoms with E-state index >= 15 is 0 Å². The average molecular weight is 304 g/mol. The van der Waals surface area contributed by atoms with E-state index in [4.69, 9.17) is 23.2 Å². The summed E-state index contributed by atoms with van der Waals surface area (Å²) in [6.45, 7) is 7.89. The van der Waals surface area contributed by atoms with Crippen molar-refractivity contribution in [3.05, 3.63) is 33.8 Å². The zero-order valence-corrected chi connectivity index (χ0v) is 13.4. The fourth-order valence-electron chi connectivity index (χ4n) is 1.92. The van der Waals surface area contributed by atoms with Crippen LogP contribution in [0.5, 0.6) is 0 Å². The van der Waals surface area contributed by atoms with Crippen LogP contribution >= 0.6 is 23.2 Å². The van der Waals surface area contributed by atoms with E-state index in [-0.39, 0.29) is 0 Å². The molecule has 0 heterocycles. The molecular formula is C15H23Cl2NO. The van der Waals surface area contributed by atoms with Crippen LogP contribution in [0, 0.1) is 5.92 Å². The van der Waals surface area contributed by atoms with Gasteiger partial charge in [0.2, 0.25) is 0 Å². The largest absolute Gasteiger partial charge is 0.390 e. The molecule has 19 heavy (non-hydrogen) atoms. The van der Waals surface area contributed by atoms with E-state index in [2.05, 4.69) is 19.2 Å². The van der Waals surface area contributed by atoms with Crippen LogP contribution in [-0.4, -0.2) is 23.8 Å². The molecular weight excluding hydrogens is 281 g/mol. The molecule has 1 aromatic rings. The van der Waals surface area contributed by atoms with Gasteiger partial charge < -0.3 is 10.4 Å². The van der Waals surface area contributed by atoms with Crippen molar-refractivity contribution in [3.63, 3.8) is 0 Å². The van der Waals surface area contributed by atoms with Gasteiger partial charge in [-0.05, 0) is 50.0 Å². The summed E-state index contributed by atoms with van der Waals surface area (Å²) in [6.07, 6.45) is 1.14. The van der Waals surface area contributed by atoms with Gasteiger partial charge in [-0.2, -0.15) is 0 Å². The van der Waals surface area contributed by atoms with Crippen LogP contribution < -0.4 is 5.32 Å². The maximum Gasteiger partial charge on any atom is 0.0673 e. The van der Waals surface area contributed by atoms with Crippen molar-refractivity contribution < 1.29 is 5.11 Å². The number of aliphatic hydroxyl groups is 1. The molecule has 2 nitrogen and oxygen atoms in total. The van der Waals surface area contributed by atoms with Gasteiger partial charge in [0.25, 0.3) is 0 Å². The quantitative estimate of drug-likeness (QED) is 0.748. The molecule has 0 spiro atoms. The molecule has 1 atom stereocenters. The minimum absolute atomic E-state index is 0.467. The standard InChI is InChI=1S/C15H23Cl2NO/c1-11(2)10-18-8-7-15(3,19)9-12-13(16)5-4-6-14(12)17/h4-6,11,18-19H,7-10H2,1-3H3. The second kappa shape index (κ2) is 7.49. The van der Waals surface area contributed by atoms with E-state index in [1.54, 1.807) is 12.1 Å². The third kappa shape index (κ3) is 6.13. The molecule has 2 N–H and O–H groups in total. The minimum atomic E-state index is -0.807. The summed E-state index contributed by atoms with van der Waals surface area (Å²) in [5, 5.41) is 15.0. The first-order chi connectivity index (χ1) is 8.82. The molecule has 108 valence electrons. The summed E-state index contributed by atoms with van der Waals surface area (Å²) in [4.78, 5) is 0. The number of rotatable bonds is 7. The Kier molecular flexibility index (Phi) is 6.61. The van der Waals surface area contributed by atoms with Crippen LogP contribution in [0.4, 0.5) is 0 Å². The van der Waals surface area contributed by atoms with Gasteiger partial charge in [0.1, 0.15) is 0 Å². The number of nitrogens with one attached hydrogen (secondary N) is 1. The van der Waals surface area contributed by atoms with E-state index in [9.17, 15) is 5.11 Å². The SMILES string of the molecule is CC(C)CNCCC(C)(O)Cc1c(Cl)cccc1Cl. The van der Waals surface area contributed by atoms with Gasteiger partial charge in [0.15, 0.2) is 0 Å². The Labute approximate surface area is 126 Å². The van der Waals surface area contributed by atoms with Crippen molar-refractivity contribution in [1.29, 1.82) is 0 Å². The molecule has 1 unspecified atom stereocenters. The van der Waals surface area contributed by atoms with E-state index in [0.29, 0.717) is 28.8 Å². The zero-order chi connectivity index (χ0) is 14.5. The van der Waals surface area contributed by atoms with Crippen LogP contribution in [-0.2, 0) is 6.42 Å². The fourth-order valence-corrected chi connectivity index (χ4v) is 2.45. The summed E-state index contributed by atoms with van der Waals surface area (Å²) >= 11 is 12.3. The summed E-state index contributed by atoms with van der Waals surface area (Å²) in [7, 11) is 0. The summed E-state index contributed by atoms with van der Waals surface area (Å²) < 4.78 is 0. The van der Waals surface area contributed by atoms with E-state index in [0.717, 1.165) is 18.7 Å². The van der Waals surface area contributed by atoms with Crippen molar-refractivity contribution >= 4 is 23.2 Å². The monoisotopic (exact) mass is 303 g/mol. The number of benzene rings is 1. The van der Waals surface area contributed by atoms with Crippen molar-refractivity contribution in [2.24, 2.45) is 5.92 Å². The van der Waals surface area contributed by atoms with Gasteiger partial charge in [-0.15, -0.1) is 0 Å². The lowest BCUT2D eigenvalue weighted by molar-refractivity contribution is 0.0514. The molecule has 1 aromatic carbocycles. The topological polar surface area (TPSA) is 32.3 Å². The van der Waals surface area contributed by atoms with E-state index in [1.165, 1.54) is 0 Å². The number of halogens is 2. The Hall–Kier alpha value is -0.280. The lowest BCUT2D eigenvalue weighted by atomic mass is 9.93. The molecule has 1 rings (SSSR count). The molecule has 0 aliphatic carbocycles. The van der Waals surface area contributed by atoms with Crippen LogP contribution in [0.3, 0.4) is 0 Å². The van der Waals surface area contributed by atoms with Crippen molar-refractivity contribution in [2.75, 3.05) is 13.1 Å². The maximum absolute atomic E-state index is 10.4. The molecule has 0 amide bonds. The highest BCUT2D eigenvalue weighted by atomic mass is 35.5. The van der Waals surface area contributed by atoms with Crippen LogP contribution in [0.25, 0.3) is 0 Å². The summed E-state index contributed by atoms with van der Waals surface area (Å²) in [5.74, 6) is 0.614. The lowest BCUT2D eigenvalue weighted by Gasteiger charge is -2.25. The highest BCUT2D eigenvalue weighted by Gasteiger charge is 2.23. The molecule has 0 radical (unpaired) electrons. The predicted octanol–water partition coefficient (Wildman–Crippen LogP) is 3.92. The van der Waals surface area contributed by atoms with Gasteiger partial charge in [-0.25, -0.2) is 0 Å². The first kappa shape index (κ1) is 16.8. The third-order valence-electron chi connectivity index (χ3n) is 3.01. The fraction of sp³-hybridized carbons (Fsp3) is 0.600.